The van der Waals surface area contributed by atoms with Crippen molar-refractivity contribution in [2.45, 2.75) is 6.42 Å². The lowest BCUT2D eigenvalue weighted by Gasteiger charge is -2.02. The van der Waals surface area contributed by atoms with Crippen LogP contribution in [0.4, 0.5) is 0 Å². The molecule has 1 aromatic heterocycles. The maximum absolute atomic E-state index is 8.41. The number of hydrogen-bond acceptors (Lipinski definition) is 3. The Labute approximate surface area is 79.1 Å². The molecule has 0 saturated heterocycles. The Bertz CT molecular complexity index is 319. The summed E-state index contributed by atoms with van der Waals surface area (Å²) in [6.07, 6.45) is 0.309. The number of rotatable bonds is 2. The van der Waals surface area contributed by atoms with Crippen molar-refractivity contribution in [3.8, 4) is 11.9 Å². The number of methoxy groups -OCH3 is 1. The Kier molecular flexibility index (Phi) is 3.06. The van der Waals surface area contributed by atoms with Gasteiger partial charge in [-0.2, -0.15) is 5.26 Å². The molecule has 0 fully saturated rings. The van der Waals surface area contributed by atoms with Gasteiger partial charge in [0, 0.05) is 0 Å². The molecule has 0 atom stereocenters. The minimum atomic E-state index is 0.309. The number of nitriles is 1. The fraction of sp³-hybridized carbons (Fsp3) is 0.250. The van der Waals surface area contributed by atoms with Gasteiger partial charge in [-0.1, -0.05) is 0 Å². The van der Waals surface area contributed by atoms with Gasteiger partial charge in [0.05, 0.1) is 29.8 Å². The predicted octanol–water partition coefficient (Wildman–Crippen LogP) is 1.92. The molecule has 3 nitrogen and oxygen atoms in total. The largest absolute Gasteiger partial charge is 0.480 e. The van der Waals surface area contributed by atoms with Gasteiger partial charge in [-0.05, 0) is 28.1 Å². The number of ether oxygens (including phenoxy) is 1. The molecule has 0 aromatic carbocycles. The second-order valence-electron chi connectivity index (χ2n) is 2.13. The first-order valence-electron chi connectivity index (χ1n) is 3.34. The van der Waals surface area contributed by atoms with E-state index in [1.54, 1.807) is 13.2 Å². The summed E-state index contributed by atoms with van der Waals surface area (Å²) in [4.78, 5) is 4.09. The number of nitrogens with zero attached hydrogens (tertiary/aromatic N) is 2. The molecule has 12 heavy (non-hydrogen) atoms. The molecule has 0 amide bonds. The molecule has 0 spiro atoms. The summed E-state index contributed by atoms with van der Waals surface area (Å²) in [5.74, 6) is 0.516. The Morgan fingerprint density at radius 1 is 1.67 bits per heavy atom. The van der Waals surface area contributed by atoms with Gasteiger partial charge in [0.15, 0.2) is 0 Å². The molecule has 0 aliphatic rings. The van der Waals surface area contributed by atoms with Crippen LogP contribution in [-0.4, -0.2) is 12.1 Å². The van der Waals surface area contributed by atoms with Gasteiger partial charge in [-0.25, -0.2) is 4.98 Å². The monoisotopic (exact) mass is 226 g/mol. The molecular formula is C8H7BrN2O. The summed E-state index contributed by atoms with van der Waals surface area (Å²) in [5, 5.41) is 8.41. The molecule has 1 aromatic rings. The SMILES string of the molecule is COc1nc(CC#N)ccc1Br. The van der Waals surface area contributed by atoms with E-state index in [0.29, 0.717) is 12.3 Å². The lowest BCUT2D eigenvalue weighted by Crippen LogP contribution is -1.93. The smallest absolute Gasteiger partial charge is 0.227 e. The van der Waals surface area contributed by atoms with Crippen molar-refractivity contribution >= 4 is 15.9 Å². The first-order valence-corrected chi connectivity index (χ1v) is 4.13. The van der Waals surface area contributed by atoms with Crippen molar-refractivity contribution in [1.82, 2.24) is 4.98 Å². The van der Waals surface area contributed by atoms with E-state index >= 15 is 0 Å². The van der Waals surface area contributed by atoms with Crippen LogP contribution < -0.4 is 4.74 Å². The number of halogens is 1. The van der Waals surface area contributed by atoms with E-state index in [4.69, 9.17) is 10.00 Å². The van der Waals surface area contributed by atoms with Crippen molar-refractivity contribution in [2.75, 3.05) is 7.11 Å². The highest BCUT2D eigenvalue weighted by molar-refractivity contribution is 9.10. The molecule has 0 aliphatic carbocycles. The zero-order chi connectivity index (χ0) is 8.97. The fourth-order valence-corrected chi connectivity index (χ4v) is 1.17. The Morgan fingerprint density at radius 2 is 2.42 bits per heavy atom. The average molecular weight is 227 g/mol. The van der Waals surface area contributed by atoms with Crippen LogP contribution in [0.15, 0.2) is 16.6 Å². The zero-order valence-electron chi connectivity index (χ0n) is 6.54. The fourth-order valence-electron chi connectivity index (χ4n) is 0.784. The third-order valence-corrected chi connectivity index (χ3v) is 1.93. The van der Waals surface area contributed by atoms with Crippen molar-refractivity contribution in [1.29, 1.82) is 5.26 Å². The van der Waals surface area contributed by atoms with E-state index in [1.807, 2.05) is 12.1 Å². The van der Waals surface area contributed by atoms with E-state index in [1.165, 1.54) is 0 Å². The third-order valence-electron chi connectivity index (χ3n) is 1.33. The number of aromatic nitrogens is 1. The molecule has 1 heterocycles. The highest BCUT2D eigenvalue weighted by Crippen LogP contribution is 2.21. The lowest BCUT2D eigenvalue weighted by atomic mass is 10.3. The standard InChI is InChI=1S/C8H7BrN2O/c1-12-8-7(9)3-2-6(11-8)4-5-10/h2-3H,4H2,1H3. The normalized spacial score (nSPS) is 9.08. The highest BCUT2D eigenvalue weighted by Gasteiger charge is 2.02. The first kappa shape index (κ1) is 9.01. The van der Waals surface area contributed by atoms with Crippen molar-refractivity contribution in [2.24, 2.45) is 0 Å². The maximum atomic E-state index is 8.41. The molecule has 0 radical (unpaired) electrons. The van der Waals surface area contributed by atoms with Crippen LogP contribution in [0.5, 0.6) is 5.88 Å². The zero-order valence-corrected chi connectivity index (χ0v) is 8.13. The second kappa shape index (κ2) is 4.07. The molecule has 0 N–H and O–H groups in total. The van der Waals surface area contributed by atoms with E-state index in [9.17, 15) is 0 Å². The molecule has 1 rings (SSSR count). The van der Waals surface area contributed by atoms with E-state index in [2.05, 4.69) is 20.9 Å². The summed E-state index contributed by atoms with van der Waals surface area (Å²) in [7, 11) is 1.54. The van der Waals surface area contributed by atoms with Crippen molar-refractivity contribution < 1.29 is 4.74 Å². The third kappa shape index (κ3) is 1.95. The van der Waals surface area contributed by atoms with E-state index < -0.39 is 0 Å². The van der Waals surface area contributed by atoms with Gasteiger partial charge in [-0.15, -0.1) is 0 Å². The van der Waals surface area contributed by atoms with Gasteiger partial charge >= 0.3 is 0 Å². The molecule has 0 saturated carbocycles. The van der Waals surface area contributed by atoms with Crippen LogP contribution in [0.2, 0.25) is 0 Å². The van der Waals surface area contributed by atoms with Gasteiger partial charge < -0.3 is 4.74 Å². The Morgan fingerprint density at radius 3 is 3.00 bits per heavy atom. The Balaban J connectivity index is 2.98. The number of hydrogen-bond donors (Lipinski definition) is 0. The average Bonchev–Trinajstić information content (AvgIpc) is 2.09. The maximum Gasteiger partial charge on any atom is 0.227 e. The Hall–Kier alpha value is -1.08. The van der Waals surface area contributed by atoms with Crippen LogP contribution in [0.1, 0.15) is 5.69 Å². The van der Waals surface area contributed by atoms with Crippen molar-refractivity contribution in [3.05, 3.63) is 22.3 Å². The van der Waals surface area contributed by atoms with E-state index in [0.717, 1.165) is 10.2 Å². The highest BCUT2D eigenvalue weighted by atomic mass is 79.9. The summed E-state index contributed by atoms with van der Waals surface area (Å²) >= 11 is 3.27. The molecule has 62 valence electrons. The summed E-state index contributed by atoms with van der Waals surface area (Å²) in [6.45, 7) is 0. The summed E-state index contributed by atoms with van der Waals surface area (Å²) < 4.78 is 5.76. The molecule has 0 bridgehead atoms. The first-order chi connectivity index (χ1) is 5.77. The molecular weight excluding hydrogens is 220 g/mol. The van der Waals surface area contributed by atoms with Crippen LogP contribution in [0.3, 0.4) is 0 Å². The molecule has 0 unspecified atom stereocenters. The topological polar surface area (TPSA) is 45.9 Å². The van der Waals surface area contributed by atoms with Crippen LogP contribution in [-0.2, 0) is 6.42 Å². The van der Waals surface area contributed by atoms with Gasteiger partial charge in [0.1, 0.15) is 0 Å². The second-order valence-corrected chi connectivity index (χ2v) is 2.98. The number of pyridine rings is 1. The van der Waals surface area contributed by atoms with E-state index in [-0.39, 0.29) is 0 Å². The summed E-state index contributed by atoms with van der Waals surface area (Å²) in [6, 6.07) is 5.63. The lowest BCUT2D eigenvalue weighted by molar-refractivity contribution is 0.394. The minimum absolute atomic E-state index is 0.309. The van der Waals surface area contributed by atoms with Gasteiger partial charge in [-0.3, -0.25) is 0 Å². The molecule has 0 aliphatic heterocycles. The van der Waals surface area contributed by atoms with Crippen molar-refractivity contribution in [3.63, 3.8) is 0 Å². The quantitative estimate of drug-likeness (QED) is 0.775. The van der Waals surface area contributed by atoms with Gasteiger partial charge in [0.2, 0.25) is 5.88 Å². The van der Waals surface area contributed by atoms with Crippen LogP contribution >= 0.6 is 15.9 Å². The van der Waals surface area contributed by atoms with Crippen LogP contribution in [0.25, 0.3) is 0 Å². The molecule has 4 heteroatoms. The van der Waals surface area contributed by atoms with Gasteiger partial charge in [0.25, 0.3) is 0 Å². The summed E-state index contributed by atoms with van der Waals surface area (Å²) in [5.41, 5.74) is 0.720. The minimum Gasteiger partial charge on any atom is -0.480 e. The van der Waals surface area contributed by atoms with Crippen LogP contribution in [0, 0.1) is 11.3 Å². The predicted molar refractivity (Wildman–Crippen MR) is 47.8 cm³/mol.